The predicted molar refractivity (Wildman–Crippen MR) is 112 cm³/mol. The van der Waals surface area contributed by atoms with Crippen molar-refractivity contribution in [3.63, 3.8) is 0 Å². The van der Waals surface area contributed by atoms with Gasteiger partial charge in [0.1, 0.15) is 11.4 Å². The Hall–Kier alpha value is -3.03. The van der Waals surface area contributed by atoms with Gasteiger partial charge in [-0.05, 0) is 36.1 Å². The predicted octanol–water partition coefficient (Wildman–Crippen LogP) is 3.33. The molecule has 4 aromatic rings. The molecule has 0 bridgehead atoms. The fourth-order valence-electron chi connectivity index (χ4n) is 3.83. The number of fused-ring (bicyclic) bond motifs is 1. The van der Waals surface area contributed by atoms with Crippen LogP contribution in [0.3, 0.4) is 0 Å². The van der Waals surface area contributed by atoms with Crippen LogP contribution in [-0.4, -0.2) is 44.4 Å². The molecule has 1 aliphatic rings. The number of para-hydroxylation sites is 1. The van der Waals surface area contributed by atoms with Crippen LogP contribution in [-0.2, 0) is 11.3 Å². The third-order valence-electron chi connectivity index (χ3n) is 5.39. The van der Waals surface area contributed by atoms with Crippen LogP contribution in [0, 0.1) is 5.92 Å². The molecule has 2 aromatic heterocycles. The van der Waals surface area contributed by atoms with Gasteiger partial charge in [-0.2, -0.15) is 5.10 Å². The Bertz CT molecular complexity index is 1100. The quantitative estimate of drug-likeness (QED) is 0.530. The third kappa shape index (κ3) is 3.79. The summed E-state index contributed by atoms with van der Waals surface area (Å²) in [6, 6.07) is 16.4. The molecule has 0 unspecified atom stereocenters. The van der Waals surface area contributed by atoms with Gasteiger partial charge in [0.05, 0.1) is 23.5 Å². The molecule has 7 nitrogen and oxygen atoms in total. The second-order valence-corrected chi connectivity index (χ2v) is 7.76. The summed E-state index contributed by atoms with van der Waals surface area (Å²) >= 11 is 0. The molecule has 1 aliphatic heterocycles. The van der Waals surface area contributed by atoms with Crippen LogP contribution < -0.4 is 5.32 Å². The maximum Gasteiger partial charge on any atom is 0.134 e. The summed E-state index contributed by atoms with van der Waals surface area (Å²) in [5.41, 5.74) is 4.76. The Labute approximate surface area is 169 Å². The number of aromatic nitrogens is 5. The molecule has 5 rings (SSSR count). The second kappa shape index (κ2) is 7.77. The summed E-state index contributed by atoms with van der Waals surface area (Å²) in [7, 11) is 0. The first-order chi connectivity index (χ1) is 14.3. The Morgan fingerprint density at radius 3 is 2.86 bits per heavy atom. The molecule has 2 aromatic carbocycles. The van der Waals surface area contributed by atoms with E-state index in [0.29, 0.717) is 12.0 Å². The highest BCUT2D eigenvalue weighted by Crippen LogP contribution is 2.24. The molecule has 2 N–H and O–H groups in total. The Kier molecular flexibility index (Phi) is 4.83. The number of rotatable bonds is 6. The molecule has 1 fully saturated rings. The lowest BCUT2D eigenvalue weighted by Crippen LogP contribution is -2.25. The van der Waals surface area contributed by atoms with Crippen LogP contribution in [0.15, 0.2) is 54.7 Å². The first kappa shape index (κ1) is 18.0. The number of hydrogen-bond donors (Lipinski definition) is 2. The van der Waals surface area contributed by atoms with Gasteiger partial charge >= 0.3 is 0 Å². The van der Waals surface area contributed by atoms with E-state index in [4.69, 9.17) is 4.74 Å². The number of ether oxygens (including phenoxy) is 1. The second-order valence-electron chi connectivity index (χ2n) is 7.76. The molecule has 7 heteroatoms. The molecular formula is C22H24N6O. The zero-order valence-corrected chi connectivity index (χ0v) is 16.4. The monoisotopic (exact) mass is 388 g/mol. The lowest BCUT2D eigenvalue weighted by molar-refractivity contribution is 0.106. The minimum atomic E-state index is 0.343. The molecule has 1 saturated heterocycles. The van der Waals surface area contributed by atoms with Crippen molar-refractivity contribution in [2.24, 2.45) is 5.92 Å². The van der Waals surface area contributed by atoms with E-state index in [-0.39, 0.29) is 0 Å². The average Bonchev–Trinajstić information content (AvgIpc) is 3.48. The van der Waals surface area contributed by atoms with Crippen molar-refractivity contribution in [1.82, 2.24) is 30.5 Å². The molecule has 0 amide bonds. The van der Waals surface area contributed by atoms with Gasteiger partial charge in [-0.25, -0.2) is 4.68 Å². The van der Waals surface area contributed by atoms with Crippen molar-refractivity contribution in [3.8, 4) is 17.1 Å². The molecule has 0 aliphatic carbocycles. The van der Waals surface area contributed by atoms with Gasteiger partial charge in [0, 0.05) is 25.1 Å². The number of nitrogens with one attached hydrogen (secondary N) is 2. The molecule has 148 valence electrons. The lowest BCUT2D eigenvalue weighted by Gasteiger charge is -2.11. The van der Waals surface area contributed by atoms with Crippen molar-refractivity contribution in [3.05, 3.63) is 60.3 Å². The van der Waals surface area contributed by atoms with Crippen LogP contribution in [0.25, 0.3) is 28.0 Å². The minimum Gasteiger partial charge on any atom is -0.377 e. The van der Waals surface area contributed by atoms with Gasteiger partial charge in [-0.15, -0.1) is 5.10 Å². The fourth-order valence-corrected chi connectivity index (χ4v) is 3.83. The number of aromatic amines is 1. The van der Waals surface area contributed by atoms with E-state index in [1.807, 2.05) is 30.5 Å². The van der Waals surface area contributed by atoms with Crippen LogP contribution in [0.5, 0.6) is 0 Å². The minimum absolute atomic E-state index is 0.343. The zero-order chi connectivity index (χ0) is 19.6. The van der Waals surface area contributed by atoms with Gasteiger partial charge < -0.3 is 10.1 Å². The highest BCUT2D eigenvalue weighted by molar-refractivity contribution is 5.91. The van der Waals surface area contributed by atoms with E-state index in [9.17, 15) is 0 Å². The molecule has 29 heavy (non-hydrogen) atoms. The van der Waals surface area contributed by atoms with Crippen LogP contribution in [0.1, 0.15) is 18.9 Å². The number of nitrogens with zero attached hydrogens (tertiary/aromatic N) is 4. The van der Waals surface area contributed by atoms with Crippen LogP contribution >= 0.6 is 0 Å². The lowest BCUT2D eigenvalue weighted by atomic mass is 10.1. The topological polar surface area (TPSA) is 80.6 Å². The van der Waals surface area contributed by atoms with Gasteiger partial charge in [-0.3, -0.25) is 5.10 Å². The van der Waals surface area contributed by atoms with Crippen LogP contribution in [0.2, 0.25) is 0 Å². The van der Waals surface area contributed by atoms with Crippen LogP contribution in [0.4, 0.5) is 0 Å². The van der Waals surface area contributed by atoms with E-state index < -0.39 is 0 Å². The van der Waals surface area contributed by atoms with Crippen molar-refractivity contribution in [1.29, 1.82) is 0 Å². The maximum atomic E-state index is 5.75. The van der Waals surface area contributed by atoms with Crippen molar-refractivity contribution in [2.45, 2.75) is 26.0 Å². The van der Waals surface area contributed by atoms with Crippen molar-refractivity contribution >= 4 is 10.9 Å². The first-order valence-corrected chi connectivity index (χ1v) is 10.0. The summed E-state index contributed by atoms with van der Waals surface area (Å²) in [6.45, 7) is 4.85. The highest BCUT2D eigenvalue weighted by atomic mass is 16.5. The summed E-state index contributed by atoms with van der Waals surface area (Å²) in [6.07, 6.45) is 3.40. The maximum absolute atomic E-state index is 5.75. The van der Waals surface area contributed by atoms with Gasteiger partial charge in [0.15, 0.2) is 0 Å². The normalized spacial score (nSPS) is 19.2. The number of H-pyrrole nitrogens is 1. The Morgan fingerprint density at radius 2 is 2.03 bits per heavy atom. The van der Waals surface area contributed by atoms with Gasteiger partial charge in [0.25, 0.3) is 0 Å². The summed E-state index contributed by atoms with van der Waals surface area (Å²) in [5.74, 6) is 0.674. The summed E-state index contributed by atoms with van der Waals surface area (Å²) in [4.78, 5) is 0. The highest BCUT2D eigenvalue weighted by Gasteiger charge is 2.21. The van der Waals surface area contributed by atoms with E-state index >= 15 is 0 Å². The Balaban J connectivity index is 1.25. The largest absolute Gasteiger partial charge is 0.377 e. The Morgan fingerprint density at radius 1 is 1.17 bits per heavy atom. The van der Waals surface area contributed by atoms with Crippen molar-refractivity contribution in [2.75, 3.05) is 13.2 Å². The van der Waals surface area contributed by atoms with E-state index in [1.54, 1.807) is 4.68 Å². The molecule has 0 radical (unpaired) electrons. The van der Waals surface area contributed by atoms with E-state index in [2.05, 4.69) is 57.0 Å². The number of hydrogen-bond acceptors (Lipinski definition) is 5. The molecule has 0 saturated carbocycles. The van der Waals surface area contributed by atoms with Crippen molar-refractivity contribution < 1.29 is 4.74 Å². The molecular weight excluding hydrogens is 364 g/mol. The summed E-state index contributed by atoms with van der Waals surface area (Å²) < 4.78 is 7.53. The van der Waals surface area contributed by atoms with Gasteiger partial charge in [0.2, 0.25) is 0 Å². The first-order valence-electron chi connectivity index (χ1n) is 10.0. The molecule has 0 spiro atoms. The zero-order valence-electron chi connectivity index (χ0n) is 16.4. The number of benzene rings is 2. The smallest absolute Gasteiger partial charge is 0.134 e. The third-order valence-corrected chi connectivity index (χ3v) is 5.39. The van der Waals surface area contributed by atoms with Gasteiger partial charge in [-0.1, -0.05) is 42.5 Å². The molecule has 2 atom stereocenters. The fraction of sp³-hybridized carbons (Fsp3) is 0.318. The molecule has 3 heterocycles. The van der Waals surface area contributed by atoms with E-state index in [0.717, 1.165) is 54.1 Å². The SMILES string of the molecule is C[C@@H]1CO[C@H](CNCc2ccc(-n3cc(-c4n[nH]c5ccccc45)nn3)cc2)C1. The summed E-state index contributed by atoms with van der Waals surface area (Å²) in [5, 5.41) is 20.6. The van der Waals surface area contributed by atoms with E-state index in [1.165, 1.54) is 5.56 Å². The standard InChI is InChI=1S/C22H24N6O/c1-15-10-18(29-14-15)12-23-11-16-6-8-17(9-7-16)28-13-21(25-27-28)22-19-4-2-3-5-20(19)24-26-22/h2-9,13,15,18,23H,10-12,14H2,1H3,(H,24,26)/t15-,18-/m0/s1. The average molecular weight is 388 g/mol.